The van der Waals surface area contributed by atoms with Gasteiger partial charge in [-0.15, -0.1) is 0 Å². The van der Waals surface area contributed by atoms with E-state index in [1.165, 1.54) is 0 Å². The summed E-state index contributed by atoms with van der Waals surface area (Å²) in [5.41, 5.74) is 2.08. The highest BCUT2D eigenvalue weighted by Gasteiger charge is 1.96. The minimum Gasteiger partial charge on any atom is -0.396 e. The molecule has 3 nitrogen and oxygen atoms in total. The molecular weight excluding hydrogens is 208 g/mol. The number of thiocarbonyl (C=S) groups is 1. The Morgan fingerprint density at radius 3 is 2.53 bits per heavy atom. The summed E-state index contributed by atoms with van der Waals surface area (Å²) in [6, 6.07) is 7.86. The van der Waals surface area contributed by atoms with Crippen molar-refractivity contribution in [2.75, 3.05) is 18.5 Å². The Hall–Kier alpha value is -1.13. The zero-order valence-corrected chi connectivity index (χ0v) is 9.60. The van der Waals surface area contributed by atoms with E-state index in [4.69, 9.17) is 17.3 Å². The van der Waals surface area contributed by atoms with Crippen LogP contribution < -0.4 is 10.6 Å². The summed E-state index contributed by atoms with van der Waals surface area (Å²) in [6.07, 6.45) is 0.692. The molecule has 0 unspecified atom stereocenters. The molecule has 0 fully saturated rings. The van der Waals surface area contributed by atoms with Gasteiger partial charge >= 0.3 is 0 Å². The summed E-state index contributed by atoms with van der Waals surface area (Å²) in [7, 11) is 0. The Kier molecular flexibility index (Phi) is 5.07. The molecule has 0 bridgehead atoms. The van der Waals surface area contributed by atoms with Crippen molar-refractivity contribution in [1.82, 2.24) is 5.32 Å². The maximum atomic E-state index is 8.76. The highest BCUT2D eigenvalue weighted by molar-refractivity contribution is 7.80. The van der Waals surface area contributed by atoms with Gasteiger partial charge in [0.05, 0.1) is 0 Å². The molecule has 0 aliphatic heterocycles. The number of hydrogen-bond donors (Lipinski definition) is 3. The van der Waals surface area contributed by atoms with Crippen molar-refractivity contribution in [3.63, 3.8) is 0 Å². The Balaban J connectivity index is 2.52. The first-order valence-electron chi connectivity index (χ1n) is 5.01. The minimum absolute atomic E-state index is 0.183. The zero-order valence-electron chi connectivity index (χ0n) is 8.79. The first-order valence-corrected chi connectivity index (χ1v) is 5.41. The number of rotatable bonds is 4. The molecule has 1 rings (SSSR count). The van der Waals surface area contributed by atoms with E-state index >= 15 is 0 Å². The molecule has 0 saturated carbocycles. The van der Waals surface area contributed by atoms with E-state index in [0.717, 1.165) is 17.8 Å². The molecule has 1 aromatic rings. The van der Waals surface area contributed by atoms with Gasteiger partial charge in [-0.3, -0.25) is 0 Å². The van der Waals surface area contributed by atoms with Crippen LogP contribution in [0.25, 0.3) is 0 Å². The van der Waals surface area contributed by atoms with Crippen LogP contribution in [0.1, 0.15) is 12.5 Å². The van der Waals surface area contributed by atoms with Crippen LogP contribution in [-0.2, 0) is 6.42 Å². The van der Waals surface area contributed by atoms with Gasteiger partial charge in [-0.1, -0.05) is 12.1 Å². The molecule has 0 aliphatic carbocycles. The molecule has 1 aromatic carbocycles. The lowest BCUT2D eigenvalue weighted by Crippen LogP contribution is -2.27. The molecule has 0 saturated heterocycles. The number of aliphatic hydroxyl groups excluding tert-OH is 1. The first kappa shape index (κ1) is 11.9. The van der Waals surface area contributed by atoms with Crippen molar-refractivity contribution >= 4 is 23.0 Å². The maximum Gasteiger partial charge on any atom is 0.170 e. The summed E-state index contributed by atoms with van der Waals surface area (Å²) in [4.78, 5) is 0. The Labute approximate surface area is 95.5 Å². The molecule has 0 aromatic heterocycles. The molecule has 0 aliphatic rings. The third kappa shape index (κ3) is 4.27. The molecule has 0 heterocycles. The number of benzene rings is 1. The average molecular weight is 224 g/mol. The van der Waals surface area contributed by atoms with Crippen molar-refractivity contribution in [3.05, 3.63) is 29.8 Å². The van der Waals surface area contributed by atoms with Gasteiger partial charge in [0.15, 0.2) is 5.11 Å². The average Bonchev–Trinajstić information content (AvgIpc) is 2.22. The largest absolute Gasteiger partial charge is 0.396 e. The van der Waals surface area contributed by atoms with Crippen LogP contribution in [0.15, 0.2) is 24.3 Å². The third-order valence-electron chi connectivity index (χ3n) is 1.95. The summed E-state index contributed by atoms with van der Waals surface area (Å²) in [5.74, 6) is 0. The highest BCUT2D eigenvalue weighted by atomic mass is 32.1. The van der Waals surface area contributed by atoms with Gasteiger partial charge in [0, 0.05) is 18.8 Å². The van der Waals surface area contributed by atoms with Crippen molar-refractivity contribution in [1.29, 1.82) is 0 Å². The molecule has 0 radical (unpaired) electrons. The first-order chi connectivity index (χ1) is 7.26. The molecule has 82 valence electrons. The van der Waals surface area contributed by atoms with E-state index in [9.17, 15) is 0 Å². The fourth-order valence-electron chi connectivity index (χ4n) is 1.22. The normalized spacial score (nSPS) is 9.73. The van der Waals surface area contributed by atoms with Crippen LogP contribution in [0.5, 0.6) is 0 Å². The van der Waals surface area contributed by atoms with Gasteiger partial charge < -0.3 is 15.7 Å². The van der Waals surface area contributed by atoms with Gasteiger partial charge in [-0.05, 0) is 43.3 Å². The Morgan fingerprint density at radius 2 is 2.00 bits per heavy atom. The van der Waals surface area contributed by atoms with E-state index in [1.807, 2.05) is 31.2 Å². The second kappa shape index (κ2) is 6.37. The van der Waals surface area contributed by atoms with Gasteiger partial charge in [-0.25, -0.2) is 0 Å². The van der Waals surface area contributed by atoms with E-state index in [2.05, 4.69) is 10.6 Å². The van der Waals surface area contributed by atoms with Gasteiger partial charge in [0.25, 0.3) is 0 Å². The van der Waals surface area contributed by atoms with Crippen LogP contribution >= 0.6 is 12.2 Å². The summed E-state index contributed by atoms with van der Waals surface area (Å²) in [6.45, 7) is 3.00. The van der Waals surface area contributed by atoms with Crippen molar-refractivity contribution in [2.24, 2.45) is 0 Å². The standard InChI is InChI=1S/C11H16N2OS/c1-2-12-11(15)13-10-5-3-9(4-6-10)7-8-14/h3-6,14H,2,7-8H2,1H3,(H2,12,13,15). The number of anilines is 1. The molecule has 3 N–H and O–H groups in total. The monoisotopic (exact) mass is 224 g/mol. The van der Waals surface area contributed by atoms with Crippen molar-refractivity contribution in [2.45, 2.75) is 13.3 Å². The smallest absolute Gasteiger partial charge is 0.170 e. The van der Waals surface area contributed by atoms with E-state index in [0.29, 0.717) is 11.5 Å². The van der Waals surface area contributed by atoms with Crippen LogP contribution in [0.2, 0.25) is 0 Å². The number of nitrogens with one attached hydrogen (secondary N) is 2. The van der Waals surface area contributed by atoms with E-state index in [-0.39, 0.29) is 6.61 Å². The fourth-order valence-corrected chi connectivity index (χ4v) is 1.48. The van der Waals surface area contributed by atoms with Crippen LogP contribution in [0.4, 0.5) is 5.69 Å². The predicted octanol–water partition coefficient (Wildman–Crippen LogP) is 1.53. The van der Waals surface area contributed by atoms with Crippen LogP contribution in [0.3, 0.4) is 0 Å². The van der Waals surface area contributed by atoms with Crippen LogP contribution in [0, 0.1) is 0 Å². The SMILES string of the molecule is CCNC(=S)Nc1ccc(CCO)cc1. The lowest BCUT2D eigenvalue weighted by atomic mass is 10.1. The van der Waals surface area contributed by atoms with Crippen molar-refractivity contribution in [3.8, 4) is 0 Å². The molecule has 0 atom stereocenters. The lowest BCUT2D eigenvalue weighted by molar-refractivity contribution is 0.299. The second-order valence-corrected chi connectivity index (χ2v) is 3.56. The summed E-state index contributed by atoms with van der Waals surface area (Å²) < 4.78 is 0. The number of hydrogen-bond acceptors (Lipinski definition) is 2. The maximum absolute atomic E-state index is 8.76. The highest BCUT2D eigenvalue weighted by Crippen LogP contribution is 2.09. The zero-order chi connectivity index (χ0) is 11.1. The quantitative estimate of drug-likeness (QED) is 0.679. The van der Waals surface area contributed by atoms with Gasteiger partial charge in [0.1, 0.15) is 0 Å². The van der Waals surface area contributed by atoms with Crippen molar-refractivity contribution < 1.29 is 5.11 Å². The molecule has 15 heavy (non-hydrogen) atoms. The van der Waals surface area contributed by atoms with Gasteiger partial charge in [-0.2, -0.15) is 0 Å². The lowest BCUT2D eigenvalue weighted by Gasteiger charge is -2.09. The molecule has 0 spiro atoms. The Bertz CT molecular complexity index is 311. The molecular formula is C11H16N2OS. The van der Waals surface area contributed by atoms with E-state index < -0.39 is 0 Å². The third-order valence-corrected chi connectivity index (χ3v) is 2.20. The Morgan fingerprint density at radius 1 is 1.33 bits per heavy atom. The van der Waals surface area contributed by atoms with Crippen LogP contribution in [-0.4, -0.2) is 23.4 Å². The van der Waals surface area contributed by atoms with Gasteiger partial charge in [0.2, 0.25) is 0 Å². The number of aliphatic hydroxyl groups is 1. The topological polar surface area (TPSA) is 44.3 Å². The molecule has 4 heteroatoms. The second-order valence-electron chi connectivity index (χ2n) is 3.15. The summed E-state index contributed by atoms with van der Waals surface area (Å²) in [5, 5.41) is 15.5. The molecule has 0 amide bonds. The predicted molar refractivity (Wildman–Crippen MR) is 67.1 cm³/mol. The summed E-state index contributed by atoms with van der Waals surface area (Å²) >= 11 is 5.06. The van der Waals surface area contributed by atoms with E-state index in [1.54, 1.807) is 0 Å². The minimum atomic E-state index is 0.183. The fraction of sp³-hybridized carbons (Fsp3) is 0.364.